The highest BCUT2D eigenvalue weighted by Crippen LogP contribution is 2.25. The first-order chi connectivity index (χ1) is 8.06. The van der Waals surface area contributed by atoms with E-state index in [0.717, 1.165) is 6.07 Å². The molecule has 0 radical (unpaired) electrons. The lowest BCUT2D eigenvalue weighted by Gasteiger charge is -2.06. The molecule has 0 bridgehead atoms. The van der Waals surface area contributed by atoms with E-state index in [-0.39, 0.29) is 11.3 Å². The molecule has 1 amide bonds. The van der Waals surface area contributed by atoms with Gasteiger partial charge in [0.2, 0.25) is 5.91 Å². The summed E-state index contributed by atoms with van der Waals surface area (Å²) in [5, 5.41) is 13.6. The minimum atomic E-state index is -0.705. The third kappa shape index (κ3) is 3.21. The summed E-state index contributed by atoms with van der Waals surface area (Å²) < 4.78 is 0. The number of nitrogens with zero attached hydrogens (tertiary/aromatic N) is 1. The van der Waals surface area contributed by atoms with E-state index >= 15 is 0 Å². The van der Waals surface area contributed by atoms with Crippen LogP contribution < -0.4 is 11.1 Å². The summed E-state index contributed by atoms with van der Waals surface area (Å²) in [7, 11) is 0. The Morgan fingerprint density at radius 2 is 2.29 bits per heavy atom. The molecule has 6 heteroatoms. The summed E-state index contributed by atoms with van der Waals surface area (Å²) in [4.78, 5) is 21.1. The van der Waals surface area contributed by atoms with Gasteiger partial charge in [-0.1, -0.05) is 0 Å². The van der Waals surface area contributed by atoms with Crippen molar-refractivity contribution in [1.82, 2.24) is 0 Å². The maximum absolute atomic E-state index is 10.9. The van der Waals surface area contributed by atoms with Crippen molar-refractivity contribution >= 4 is 17.3 Å². The summed E-state index contributed by atoms with van der Waals surface area (Å²) in [6.45, 7) is 0.424. The van der Waals surface area contributed by atoms with Crippen LogP contribution in [0.15, 0.2) is 18.2 Å². The molecule has 0 atom stereocenters. The molecule has 1 aromatic rings. The van der Waals surface area contributed by atoms with Crippen molar-refractivity contribution in [2.75, 3.05) is 11.9 Å². The van der Waals surface area contributed by atoms with Gasteiger partial charge in [0.1, 0.15) is 5.69 Å². The minimum Gasteiger partial charge on any atom is -0.379 e. The summed E-state index contributed by atoms with van der Waals surface area (Å²) in [6, 6.07) is 4.00. The van der Waals surface area contributed by atoms with Crippen LogP contribution in [-0.2, 0) is 0 Å². The van der Waals surface area contributed by atoms with Crippen LogP contribution in [0.1, 0.15) is 16.8 Å². The molecule has 0 spiro atoms. The lowest BCUT2D eigenvalue weighted by molar-refractivity contribution is -0.384. The highest BCUT2D eigenvalue weighted by molar-refractivity contribution is 5.94. The topological polar surface area (TPSA) is 98.3 Å². The fourth-order valence-electron chi connectivity index (χ4n) is 1.25. The van der Waals surface area contributed by atoms with Gasteiger partial charge in [0, 0.05) is 24.6 Å². The molecule has 1 rings (SSSR count). The number of anilines is 1. The molecule has 3 N–H and O–H groups in total. The van der Waals surface area contributed by atoms with Crippen LogP contribution in [0.25, 0.3) is 0 Å². The fraction of sp³-hybridized carbons (Fsp3) is 0.182. The van der Waals surface area contributed by atoms with Gasteiger partial charge in [0.05, 0.1) is 4.92 Å². The molecular formula is C11H11N3O3. The normalized spacial score (nSPS) is 9.35. The maximum atomic E-state index is 10.9. The molecule has 0 fully saturated rings. The number of amides is 1. The van der Waals surface area contributed by atoms with Crippen LogP contribution in [0.3, 0.4) is 0 Å². The number of nitrogens with one attached hydrogen (secondary N) is 1. The van der Waals surface area contributed by atoms with Gasteiger partial charge in [0.15, 0.2) is 0 Å². The summed E-state index contributed by atoms with van der Waals surface area (Å²) >= 11 is 0. The second-order valence-corrected chi connectivity index (χ2v) is 3.23. The first-order valence-corrected chi connectivity index (χ1v) is 4.82. The number of primary amides is 1. The van der Waals surface area contributed by atoms with E-state index in [1.54, 1.807) is 0 Å². The van der Waals surface area contributed by atoms with E-state index in [2.05, 4.69) is 11.2 Å². The lowest BCUT2D eigenvalue weighted by atomic mass is 10.1. The average Bonchev–Trinajstić information content (AvgIpc) is 2.29. The Morgan fingerprint density at radius 3 is 2.82 bits per heavy atom. The summed E-state index contributed by atoms with van der Waals surface area (Å²) in [5.74, 6) is 1.70. The van der Waals surface area contributed by atoms with Crippen molar-refractivity contribution in [3.63, 3.8) is 0 Å². The Hall–Kier alpha value is -2.55. The number of carbonyl (C=O) groups is 1. The van der Waals surface area contributed by atoms with Crippen LogP contribution in [0.2, 0.25) is 0 Å². The Balaban J connectivity index is 3.01. The minimum absolute atomic E-state index is 0.0965. The number of hydrogen-bond acceptors (Lipinski definition) is 4. The van der Waals surface area contributed by atoms with E-state index < -0.39 is 10.8 Å². The molecule has 6 nitrogen and oxygen atoms in total. The Bertz CT molecular complexity index is 491. The average molecular weight is 233 g/mol. The quantitative estimate of drug-likeness (QED) is 0.344. The zero-order chi connectivity index (χ0) is 12.8. The van der Waals surface area contributed by atoms with E-state index in [1.165, 1.54) is 12.1 Å². The fourth-order valence-corrected chi connectivity index (χ4v) is 1.25. The van der Waals surface area contributed by atoms with Crippen LogP contribution in [0, 0.1) is 22.5 Å². The second-order valence-electron chi connectivity index (χ2n) is 3.23. The Labute approximate surface area is 98.0 Å². The van der Waals surface area contributed by atoms with Gasteiger partial charge in [0.25, 0.3) is 5.69 Å². The van der Waals surface area contributed by atoms with Crippen molar-refractivity contribution in [1.29, 1.82) is 0 Å². The molecule has 0 aliphatic carbocycles. The molecule has 0 aromatic heterocycles. The molecule has 0 aliphatic rings. The van der Waals surface area contributed by atoms with Crippen molar-refractivity contribution < 1.29 is 9.72 Å². The van der Waals surface area contributed by atoms with E-state index in [4.69, 9.17) is 12.2 Å². The van der Waals surface area contributed by atoms with Crippen molar-refractivity contribution in [2.45, 2.75) is 6.42 Å². The predicted molar refractivity (Wildman–Crippen MR) is 63.6 cm³/mol. The third-order valence-electron chi connectivity index (χ3n) is 2.06. The lowest BCUT2D eigenvalue weighted by Crippen LogP contribution is -2.12. The summed E-state index contributed by atoms with van der Waals surface area (Å²) in [5.41, 5.74) is 5.26. The monoisotopic (exact) mass is 233 g/mol. The second kappa shape index (κ2) is 5.51. The predicted octanol–water partition coefficient (Wildman–Crippen LogP) is 1.13. The van der Waals surface area contributed by atoms with E-state index in [1.807, 2.05) is 0 Å². The first kappa shape index (κ1) is 12.5. The van der Waals surface area contributed by atoms with Gasteiger partial charge < -0.3 is 11.1 Å². The molecule has 88 valence electrons. The van der Waals surface area contributed by atoms with Crippen LogP contribution >= 0.6 is 0 Å². The van der Waals surface area contributed by atoms with Crippen LogP contribution in [-0.4, -0.2) is 17.4 Å². The Morgan fingerprint density at radius 1 is 1.59 bits per heavy atom. The zero-order valence-corrected chi connectivity index (χ0v) is 8.97. The number of carbonyl (C=O) groups excluding carboxylic acids is 1. The van der Waals surface area contributed by atoms with Crippen molar-refractivity contribution in [3.8, 4) is 12.3 Å². The van der Waals surface area contributed by atoms with Gasteiger partial charge in [-0.15, -0.1) is 12.3 Å². The number of nitro benzene ring substituents is 1. The smallest absolute Gasteiger partial charge is 0.293 e. The first-order valence-electron chi connectivity index (χ1n) is 4.82. The number of terminal acetylenes is 1. The standard InChI is InChI=1S/C11H11N3O3/c1-2-3-6-13-9-5-4-8(11(12)15)7-10(9)14(16)17/h1,4-5,7,13H,3,6H2,(H2,12,15). The number of benzene rings is 1. The van der Waals surface area contributed by atoms with Gasteiger partial charge in [-0.2, -0.15) is 0 Å². The number of nitrogens with two attached hydrogens (primary N) is 1. The molecule has 0 saturated heterocycles. The molecule has 17 heavy (non-hydrogen) atoms. The molecule has 0 heterocycles. The number of rotatable bonds is 5. The van der Waals surface area contributed by atoms with Gasteiger partial charge in [-0.25, -0.2) is 0 Å². The molecule has 1 aromatic carbocycles. The van der Waals surface area contributed by atoms with Crippen LogP contribution in [0.5, 0.6) is 0 Å². The number of nitro groups is 1. The van der Waals surface area contributed by atoms with E-state index in [9.17, 15) is 14.9 Å². The molecule has 0 unspecified atom stereocenters. The van der Waals surface area contributed by atoms with Gasteiger partial charge in [-0.05, 0) is 12.1 Å². The SMILES string of the molecule is C#CCCNc1ccc(C(N)=O)cc1[N+](=O)[O-]. The van der Waals surface area contributed by atoms with Crippen LogP contribution in [0.4, 0.5) is 11.4 Å². The molecule has 0 saturated carbocycles. The zero-order valence-electron chi connectivity index (χ0n) is 8.97. The maximum Gasteiger partial charge on any atom is 0.293 e. The largest absolute Gasteiger partial charge is 0.379 e. The van der Waals surface area contributed by atoms with Gasteiger partial charge >= 0.3 is 0 Å². The Kier molecular flexibility index (Phi) is 4.06. The molecular weight excluding hydrogens is 222 g/mol. The number of hydrogen-bond donors (Lipinski definition) is 2. The third-order valence-corrected chi connectivity index (χ3v) is 2.06. The van der Waals surface area contributed by atoms with E-state index in [0.29, 0.717) is 18.7 Å². The molecule has 0 aliphatic heterocycles. The van der Waals surface area contributed by atoms with Gasteiger partial charge in [-0.3, -0.25) is 14.9 Å². The highest BCUT2D eigenvalue weighted by Gasteiger charge is 2.15. The van der Waals surface area contributed by atoms with Crippen molar-refractivity contribution in [2.24, 2.45) is 5.73 Å². The highest BCUT2D eigenvalue weighted by atomic mass is 16.6. The van der Waals surface area contributed by atoms with Crippen molar-refractivity contribution in [3.05, 3.63) is 33.9 Å². The summed E-state index contributed by atoms with van der Waals surface area (Å²) in [6.07, 6.45) is 5.52.